The van der Waals surface area contributed by atoms with Gasteiger partial charge >= 0.3 is 0 Å². The molecule has 186 valence electrons. The maximum Gasteiger partial charge on any atom is 0.227 e. The summed E-state index contributed by atoms with van der Waals surface area (Å²) in [5, 5.41) is 7.33. The van der Waals surface area contributed by atoms with Gasteiger partial charge in [-0.05, 0) is 49.5 Å². The number of halogens is 2. The van der Waals surface area contributed by atoms with Gasteiger partial charge in [-0.3, -0.25) is 0 Å². The van der Waals surface area contributed by atoms with Crippen molar-refractivity contribution in [2.24, 2.45) is 0 Å². The molecule has 8 nitrogen and oxygen atoms in total. The van der Waals surface area contributed by atoms with Crippen LogP contribution >= 0.6 is 23.2 Å². The van der Waals surface area contributed by atoms with Gasteiger partial charge in [0, 0.05) is 11.6 Å². The molecule has 0 radical (unpaired) electrons. The number of anilines is 2. The first-order valence-electron chi connectivity index (χ1n) is 11.2. The van der Waals surface area contributed by atoms with Gasteiger partial charge in [-0.2, -0.15) is 0 Å². The van der Waals surface area contributed by atoms with Crippen LogP contribution in [-0.2, 0) is 6.61 Å². The molecule has 1 aliphatic heterocycles. The Morgan fingerprint density at radius 2 is 1.54 bits per heavy atom. The highest BCUT2D eigenvalue weighted by atomic mass is 35.5. The molecule has 2 N–H and O–H groups in total. The van der Waals surface area contributed by atoms with Gasteiger partial charge in [0.2, 0.25) is 5.95 Å². The molecule has 0 saturated carbocycles. The van der Waals surface area contributed by atoms with E-state index in [2.05, 4.69) is 32.7 Å². The van der Waals surface area contributed by atoms with E-state index in [1.54, 1.807) is 25.6 Å². The van der Waals surface area contributed by atoms with E-state index in [9.17, 15) is 0 Å². The molecule has 4 rings (SSSR count). The van der Waals surface area contributed by atoms with Crippen molar-refractivity contribution in [2.75, 3.05) is 39.7 Å². The first-order chi connectivity index (χ1) is 17.0. The number of methoxy groups -OCH3 is 3. The fraction of sp³-hybridized carbons (Fsp3) is 0.360. The molecule has 0 amide bonds. The van der Waals surface area contributed by atoms with E-state index >= 15 is 0 Å². The van der Waals surface area contributed by atoms with E-state index in [0.29, 0.717) is 44.7 Å². The molecule has 0 aliphatic carbocycles. The van der Waals surface area contributed by atoms with Crippen molar-refractivity contribution in [1.82, 2.24) is 15.3 Å². The van der Waals surface area contributed by atoms with Crippen LogP contribution in [0.25, 0.3) is 0 Å². The average molecular weight is 519 g/mol. The fourth-order valence-corrected chi connectivity index (χ4v) is 4.62. The molecule has 35 heavy (non-hydrogen) atoms. The Balaban J connectivity index is 1.44. The Morgan fingerprint density at radius 1 is 0.914 bits per heavy atom. The lowest BCUT2D eigenvalue weighted by atomic mass is 9.90. The lowest BCUT2D eigenvalue weighted by Crippen LogP contribution is -2.26. The third-order valence-electron chi connectivity index (χ3n) is 5.96. The third kappa shape index (κ3) is 5.83. The molecule has 1 aliphatic rings. The van der Waals surface area contributed by atoms with Crippen LogP contribution in [0.1, 0.15) is 29.9 Å². The summed E-state index contributed by atoms with van der Waals surface area (Å²) in [6.07, 6.45) is 5.40. The lowest BCUT2D eigenvalue weighted by Gasteiger charge is -2.24. The van der Waals surface area contributed by atoms with Gasteiger partial charge in [-0.15, -0.1) is 0 Å². The van der Waals surface area contributed by atoms with Gasteiger partial charge in [0.25, 0.3) is 0 Å². The average Bonchev–Trinajstić information content (AvgIpc) is 2.90. The minimum atomic E-state index is 0.0906. The molecule has 0 unspecified atom stereocenters. The van der Waals surface area contributed by atoms with Gasteiger partial charge in [0.15, 0.2) is 5.75 Å². The first-order valence-corrected chi connectivity index (χ1v) is 12.0. The number of nitrogens with one attached hydrogen (secondary N) is 2. The number of benzene rings is 2. The summed E-state index contributed by atoms with van der Waals surface area (Å²) in [6.45, 7) is 2.17. The minimum Gasteiger partial charge on any atom is -0.495 e. The second-order valence-corrected chi connectivity index (χ2v) is 8.78. The summed E-state index contributed by atoms with van der Waals surface area (Å²) in [5.41, 5.74) is 2.62. The lowest BCUT2D eigenvalue weighted by molar-refractivity contribution is 0.301. The summed E-state index contributed by atoms with van der Waals surface area (Å²) >= 11 is 12.8. The molecule has 10 heteroatoms. The quantitative estimate of drug-likeness (QED) is 0.378. The van der Waals surface area contributed by atoms with Crippen LogP contribution < -0.4 is 29.6 Å². The SMILES string of the molecule is COc1cc(C2CCNCC2)ccc1Nc1ncc(OCc2c(Cl)c(OC)cc(OC)c2Cl)cn1. The van der Waals surface area contributed by atoms with Crippen LogP contribution in [0.3, 0.4) is 0 Å². The molecule has 0 spiro atoms. The van der Waals surface area contributed by atoms with E-state index in [1.165, 1.54) is 19.8 Å². The van der Waals surface area contributed by atoms with E-state index in [1.807, 2.05) is 6.07 Å². The third-order valence-corrected chi connectivity index (χ3v) is 6.79. The van der Waals surface area contributed by atoms with Crippen LogP contribution in [0, 0.1) is 0 Å². The second kappa shape index (κ2) is 11.7. The van der Waals surface area contributed by atoms with Gasteiger partial charge < -0.3 is 29.6 Å². The summed E-state index contributed by atoms with van der Waals surface area (Å²) in [5.74, 6) is 3.06. The maximum atomic E-state index is 6.41. The molecule has 1 saturated heterocycles. The van der Waals surface area contributed by atoms with Crippen molar-refractivity contribution in [2.45, 2.75) is 25.4 Å². The maximum absolute atomic E-state index is 6.41. The molecular weight excluding hydrogens is 491 g/mol. The first kappa shape index (κ1) is 25.2. The Kier molecular flexibility index (Phi) is 8.38. The Labute approximate surface area is 214 Å². The molecule has 0 bridgehead atoms. The zero-order valence-electron chi connectivity index (χ0n) is 19.9. The number of rotatable bonds is 9. The Morgan fingerprint density at radius 3 is 2.14 bits per heavy atom. The minimum absolute atomic E-state index is 0.0906. The number of piperidine rings is 1. The molecule has 1 aromatic heterocycles. The monoisotopic (exact) mass is 518 g/mol. The van der Waals surface area contributed by atoms with Crippen LogP contribution in [0.4, 0.5) is 11.6 Å². The normalized spacial score (nSPS) is 13.9. The number of hydrogen-bond donors (Lipinski definition) is 2. The largest absolute Gasteiger partial charge is 0.495 e. The van der Waals surface area contributed by atoms with E-state index in [-0.39, 0.29) is 6.61 Å². The molecule has 0 atom stereocenters. The van der Waals surface area contributed by atoms with Crippen molar-refractivity contribution in [3.8, 4) is 23.0 Å². The van der Waals surface area contributed by atoms with Crippen molar-refractivity contribution in [3.63, 3.8) is 0 Å². The molecular formula is C25H28Cl2N4O4. The number of nitrogens with zero attached hydrogens (tertiary/aromatic N) is 2. The summed E-state index contributed by atoms with van der Waals surface area (Å²) in [7, 11) is 4.71. The highest BCUT2D eigenvalue weighted by molar-refractivity contribution is 6.37. The number of aromatic nitrogens is 2. The smallest absolute Gasteiger partial charge is 0.227 e. The standard InChI is InChI=1S/C25H28Cl2N4O4/c1-32-20-10-16(15-6-8-28-9-7-15)4-5-19(20)31-25-29-12-17(13-30-25)35-14-18-23(26)21(33-2)11-22(34-3)24(18)27/h4-5,10-13,15,28H,6-9,14H2,1-3H3,(H,29,30,31). The number of ether oxygens (including phenoxy) is 4. The zero-order valence-corrected chi connectivity index (χ0v) is 21.4. The van der Waals surface area contributed by atoms with Gasteiger partial charge in [0.1, 0.15) is 23.9 Å². The predicted molar refractivity (Wildman–Crippen MR) is 137 cm³/mol. The van der Waals surface area contributed by atoms with E-state index in [4.69, 9.17) is 42.1 Å². The van der Waals surface area contributed by atoms with Crippen molar-refractivity contribution in [3.05, 3.63) is 57.8 Å². The molecule has 3 aromatic rings. The highest BCUT2D eigenvalue weighted by Gasteiger charge is 2.19. The highest BCUT2D eigenvalue weighted by Crippen LogP contribution is 2.41. The topological polar surface area (TPSA) is 86.8 Å². The van der Waals surface area contributed by atoms with Gasteiger partial charge in [0.05, 0.1) is 49.5 Å². The second-order valence-electron chi connectivity index (χ2n) is 8.03. The van der Waals surface area contributed by atoms with E-state index in [0.717, 1.165) is 37.4 Å². The van der Waals surface area contributed by atoms with E-state index < -0.39 is 0 Å². The van der Waals surface area contributed by atoms with Crippen molar-refractivity contribution >= 4 is 34.8 Å². The zero-order chi connectivity index (χ0) is 24.8. The van der Waals surface area contributed by atoms with Crippen LogP contribution in [0.2, 0.25) is 10.0 Å². The van der Waals surface area contributed by atoms with Crippen molar-refractivity contribution < 1.29 is 18.9 Å². The number of hydrogen-bond acceptors (Lipinski definition) is 8. The predicted octanol–water partition coefficient (Wildman–Crippen LogP) is 5.60. The van der Waals surface area contributed by atoms with Crippen LogP contribution in [0.5, 0.6) is 23.0 Å². The Hall–Kier alpha value is -2.94. The fourth-order valence-electron chi connectivity index (χ4n) is 4.01. The molecule has 2 heterocycles. The van der Waals surface area contributed by atoms with Crippen LogP contribution in [-0.4, -0.2) is 44.4 Å². The Bertz CT molecular complexity index is 1130. The molecule has 2 aromatic carbocycles. The van der Waals surface area contributed by atoms with Crippen LogP contribution in [0.15, 0.2) is 36.7 Å². The summed E-state index contributed by atoms with van der Waals surface area (Å²) < 4.78 is 22.0. The molecule has 1 fully saturated rings. The van der Waals surface area contributed by atoms with Gasteiger partial charge in [-0.25, -0.2) is 9.97 Å². The van der Waals surface area contributed by atoms with Crippen molar-refractivity contribution in [1.29, 1.82) is 0 Å². The van der Waals surface area contributed by atoms with Gasteiger partial charge in [-0.1, -0.05) is 29.3 Å². The summed E-state index contributed by atoms with van der Waals surface area (Å²) in [6, 6.07) is 7.86. The summed E-state index contributed by atoms with van der Waals surface area (Å²) in [4.78, 5) is 8.72.